The molecule has 0 aliphatic heterocycles. The molecule has 6 nitrogen and oxygen atoms in total. The largest absolute Gasteiger partial charge is 0.483 e. The van der Waals surface area contributed by atoms with Crippen LogP contribution in [0.4, 0.5) is 10.1 Å². The molecule has 0 aliphatic carbocycles. The van der Waals surface area contributed by atoms with Gasteiger partial charge in [0.2, 0.25) is 5.89 Å². The number of carbonyl (C=O) groups is 1. The van der Waals surface area contributed by atoms with Gasteiger partial charge in [-0.1, -0.05) is 41.9 Å². The van der Waals surface area contributed by atoms with Gasteiger partial charge in [-0.2, -0.15) is 0 Å². The summed E-state index contributed by atoms with van der Waals surface area (Å²) in [6, 6.07) is 20.3. The van der Waals surface area contributed by atoms with E-state index in [1.807, 2.05) is 30.3 Å². The maximum Gasteiger partial charge on any atom is 0.262 e. The number of rotatable bonds is 6. The fraction of sp³-hybridized carbons (Fsp3) is 0.0455. The second kappa shape index (κ2) is 8.75. The standard InChI is InChI=1S/C22H15ClFN3O3/c23-15-10-11-18(17(24)12-15)25-20(28)13-29-19-9-5-4-8-16(19)22-27-26-21(30-22)14-6-2-1-3-7-14/h1-12H,13H2,(H,25,28). The molecule has 0 spiro atoms. The summed E-state index contributed by atoms with van der Waals surface area (Å²) in [6.07, 6.45) is 0. The van der Waals surface area contributed by atoms with Crippen molar-refractivity contribution in [3.8, 4) is 28.7 Å². The van der Waals surface area contributed by atoms with Gasteiger partial charge in [0.05, 0.1) is 11.3 Å². The lowest BCUT2D eigenvalue weighted by atomic mass is 10.2. The maximum atomic E-state index is 13.8. The quantitative estimate of drug-likeness (QED) is 0.460. The summed E-state index contributed by atoms with van der Waals surface area (Å²) in [7, 11) is 0. The van der Waals surface area contributed by atoms with Gasteiger partial charge in [-0.15, -0.1) is 10.2 Å². The summed E-state index contributed by atoms with van der Waals surface area (Å²) in [4.78, 5) is 12.2. The van der Waals surface area contributed by atoms with E-state index in [9.17, 15) is 9.18 Å². The fourth-order valence-corrected chi connectivity index (χ4v) is 2.88. The van der Waals surface area contributed by atoms with E-state index in [2.05, 4.69) is 15.5 Å². The van der Waals surface area contributed by atoms with Crippen molar-refractivity contribution in [2.45, 2.75) is 0 Å². The minimum atomic E-state index is -0.629. The van der Waals surface area contributed by atoms with Gasteiger partial charge in [-0.3, -0.25) is 4.79 Å². The normalized spacial score (nSPS) is 10.6. The smallest absolute Gasteiger partial charge is 0.262 e. The van der Waals surface area contributed by atoms with E-state index in [-0.39, 0.29) is 23.2 Å². The number of para-hydroxylation sites is 1. The third-order valence-electron chi connectivity index (χ3n) is 4.13. The van der Waals surface area contributed by atoms with Crippen molar-refractivity contribution in [1.29, 1.82) is 0 Å². The number of carbonyl (C=O) groups excluding carboxylic acids is 1. The number of amides is 1. The van der Waals surface area contributed by atoms with Gasteiger partial charge >= 0.3 is 0 Å². The van der Waals surface area contributed by atoms with Crippen molar-refractivity contribution < 1.29 is 18.3 Å². The van der Waals surface area contributed by atoms with Crippen molar-refractivity contribution in [3.05, 3.63) is 83.6 Å². The number of nitrogens with zero attached hydrogens (tertiary/aromatic N) is 2. The molecular weight excluding hydrogens is 409 g/mol. The first kappa shape index (κ1) is 19.6. The van der Waals surface area contributed by atoms with Crippen molar-refractivity contribution >= 4 is 23.2 Å². The molecule has 8 heteroatoms. The molecule has 0 fully saturated rings. The van der Waals surface area contributed by atoms with Gasteiger partial charge in [-0.05, 0) is 42.5 Å². The summed E-state index contributed by atoms with van der Waals surface area (Å²) in [5, 5.41) is 10.8. The molecule has 4 rings (SSSR count). The van der Waals surface area contributed by atoms with Crippen LogP contribution in [0, 0.1) is 5.82 Å². The molecule has 1 N–H and O–H groups in total. The highest BCUT2D eigenvalue weighted by Crippen LogP contribution is 2.31. The molecule has 0 unspecified atom stereocenters. The van der Waals surface area contributed by atoms with Crippen molar-refractivity contribution in [1.82, 2.24) is 10.2 Å². The van der Waals surface area contributed by atoms with Crippen LogP contribution < -0.4 is 10.1 Å². The van der Waals surface area contributed by atoms with Gasteiger partial charge in [0.15, 0.2) is 6.61 Å². The Morgan fingerprint density at radius 3 is 2.53 bits per heavy atom. The summed E-state index contributed by atoms with van der Waals surface area (Å²) in [5.74, 6) is -0.144. The van der Waals surface area contributed by atoms with E-state index in [0.717, 1.165) is 11.6 Å². The van der Waals surface area contributed by atoms with Gasteiger partial charge in [-0.25, -0.2) is 4.39 Å². The molecule has 1 amide bonds. The van der Waals surface area contributed by atoms with Crippen molar-refractivity contribution in [2.75, 3.05) is 11.9 Å². The summed E-state index contributed by atoms with van der Waals surface area (Å²) < 4.78 is 25.2. The van der Waals surface area contributed by atoms with Crippen LogP contribution in [0.2, 0.25) is 5.02 Å². The maximum absolute atomic E-state index is 13.8. The molecule has 1 aromatic heterocycles. The monoisotopic (exact) mass is 423 g/mol. The lowest BCUT2D eigenvalue weighted by Crippen LogP contribution is -2.21. The number of hydrogen-bond donors (Lipinski definition) is 1. The second-order valence-corrected chi connectivity index (χ2v) is 6.67. The Balaban J connectivity index is 1.47. The minimum Gasteiger partial charge on any atom is -0.483 e. The van der Waals surface area contributed by atoms with Gasteiger partial charge < -0.3 is 14.5 Å². The average Bonchev–Trinajstić information content (AvgIpc) is 3.25. The highest BCUT2D eigenvalue weighted by Gasteiger charge is 2.16. The molecule has 0 atom stereocenters. The first-order chi connectivity index (χ1) is 14.6. The Morgan fingerprint density at radius 2 is 1.73 bits per heavy atom. The third-order valence-corrected chi connectivity index (χ3v) is 4.36. The Hall–Kier alpha value is -3.71. The molecule has 30 heavy (non-hydrogen) atoms. The van der Waals surface area contributed by atoms with E-state index >= 15 is 0 Å². The van der Waals surface area contributed by atoms with Crippen LogP contribution >= 0.6 is 11.6 Å². The molecule has 0 saturated carbocycles. The molecule has 1 heterocycles. The highest BCUT2D eigenvalue weighted by atomic mass is 35.5. The first-order valence-electron chi connectivity index (χ1n) is 8.96. The van der Waals surface area contributed by atoms with Crippen LogP contribution in [-0.4, -0.2) is 22.7 Å². The Bertz CT molecular complexity index is 1180. The van der Waals surface area contributed by atoms with Crippen LogP contribution in [0.3, 0.4) is 0 Å². The molecule has 4 aromatic rings. The number of aromatic nitrogens is 2. The van der Waals surface area contributed by atoms with E-state index in [1.165, 1.54) is 12.1 Å². The molecule has 0 saturated heterocycles. The number of anilines is 1. The van der Waals surface area contributed by atoms with E-state index in [4.69, 9.17) is 20.8 Å². The summed E-state index contributed by atoms with van der Waals surface area (Å²) in [6.45, 7) is -0.335. The van der Waals surface area contributed by atoms with Crippen LogP contribution in [0.25, 0.3) is 22.9 Å². The number of nitrogens with one attached hydrogen (secondary N) is 1. The SMILES string of the molecule is O=C(COc1ccccc1-c1nnc(-c2ccccc2)o1)Nc1ccc(Cl)cc1F. The van der Waals surface area contributed by atoms with Crippen molar-refractivity contribution in [3.63, 3.8) is 0 Å². The van der Waals surface area contributed by atoms with Crippen LogP contribution in [-0.2, 0) is 4.79 Å². The van der Waals surface area contributed by atoms with E-state index < -0.39 is 11.7 Å². The summed E-state index contributed by atoms with van der Waals surface area (Å²) in [5.41, 5.74) is 1.35. The average molecular weight is 424 g/mol. The Morgan fingerprint density at radius 1 is 1.00 bits per heavy atom. The molecule has 0 aliphatic rings. The van der Waals surface area contributed by atoms with Crippen LogP contribution in [0.5, 0.6) is 5.75 Å². The third kappa shape index (κ3) is 4.47. The fourth-order valence-electron chi connectivity index (χ4n) is 2.72. The number of ether oxygens (including phenoxy) is 1. The highest BCUT2D eigenvalue weighted by molar-refractivity contribution is 6.30. The zero-order valence-electron chi connectivity index (χ0n) is 15.5. The first-order valence-corrected chi connectivity index (χ1v) is 9.34. The zero-order valence-corrected chi connectivity index (χ0v) is 16.3. The van der Waals surface area contributed by atoms with E-state index in [0.29, 0.717) is 17.2 Å². The van der Waals surface area contributed by atoms with Crippen LogP contribution in [0.1, 0.15) is 0 Å². The topological polar surface area (TPSA) is 77.2 Å². The number of halogens is 2. The lowest BCUT2D eigenvalue weighted by molar-refractivity contribution is -0.118. The van der Waals surface area contributed by atoms with Gasteiger partial charge in [0.1, 0.15) is 11.6 Å². The number of hydrogen-bond acceptors (Lipinski definition) is 5. The molecular formula is C22H15ClFN3O3. The van der Waals surface area contributed by atoms with Gasteiger partial charge in [0.25, 0.3) is 11.8 Å². The van der Waals surface area contributed by atoms with Crippen molar-refractivity contribution in [2.24, 2.45) is 0 Å². The predicted molar refractivity (Wildman–Crippen MR) is 111 cm³/mol. The minimum absolute atomic E-state index is 0.0192. The predicted octanol–water partition coefficient (Wildman–Crippen LogP) is 5.21. The second-order valence-electron chi connectivity index (χ2n) is 6.24. The Labute approximate surface area is 176 Å². The Kier molecular flexibility index (Phi) is 5.72. The molecule has 0 radical (unpaired) electrons. The molecule has 0 bridgehead atoms. The van der Waals surface area contributed by atoms with Gasteiger partial charge in [0, 0.05) is 10.6 Å². The molecule has 150 valence electrons. The number of benzene rings is 3. The summed E-state index contributed by atoms with van der Waals surface area (Å²) >= 11 is 5.71. The lowest BCUT2D eigenvalue weighted by Gasteiger charge is -2.10. The van der Waals surface area contributed by atoms with E-state index in [1.54, 1.807) is 24.3 Å². The van der Waals surface area contributed by atoms with Crippen LogP contribution in [0.15, 0.2) is 77.2 Å². The molecule has 3 aromatic carbocycles. The zero-order chi connectivity index (χ0) is 20.9.